The molecule has 5 heteroatoms. The molecule has 0 bridgehead atoms. The summed E-state index contributed by atoms with van der Waals surface area (Å²) in [7, 11) is 0. The summed E-state index contributed by atoms with van der Waals surface area (Å²) in [6.45, 7) is 7.81. The topological polar surface area (TPSA) is 42.7 Å². The van der Waals surface area contributed by atoms with Crippen molar-refractivity contribution in [2.24, 2.45) is 0 Å². The summed E-state index contributed by atoms with van der Waals surface area (Å²) in [5, 5.41) is 11.3. The predicted octanol–water partition coefficient (Wildman–Crippen LogP) is 3.16. The molecule has 0 saturated carbocycles. The zero-order valence-electron chi connectivity index (χ0n) is 12.2. The lowest BCUT2D eigenvalue weighted by Gasteiger charge is -2.14. The third-order valence-electron chi connectivity index (χ3n) is 3.33. The van der Waals surface area contributed by atoms with Crippen LogP contribution in [0.1, 0.15) is 38.8 Å². The highest BCUT2D eigenvalue weighted by Crippen LogP contribution is 2.25. The highest BCUT2D eigenvalue weighted by Gasteiger charge is 2.14. The van der Waals surface area contributed by atoms with Gasteiger partial charge < -0.3 is 5.32 Å². The Bertz CT molecular complexity index is 565. The van der Waals surface area contributed by atoms with Gasteiger partial charge in [0.2, 0.25) is 0 Å². The number of rotatable bonds is 6. The summed E-state index contributed by atoms with van der Waals surface area (Å²) in [5.41, 5.74) is 2.35. The molecule has 0 saturated heterocycles. The smallest absolute Gasteiger partial charge is 0.132 e. The minimum atomic E-state index is -0.239. The molecule has 0 fully saturated rings. The number of nitrogens with one attached hydrogen (secondary N) is 1. The summed E-state index contributed by atoms with van der Waals surface area (Å²) in [6, 6.07) is 5.41. The quantitative estimate of drug-likeness (QED) is 0.881. The Balaban J connectivity index is 2.40. The third-order valence-corrected chi connectivity index (χ3v) is 3.33. The molecule has 1 atom stereocenters. The van der Waals surface area contributed by atoms with Crippen molar-refractivity contribution in [3.05, 3.63) is 35.8 Å². The van der Waals surface area contributed by atoms with Gasteiger partial charge in [-0.1, -0.05) is 25.1 Å². The number of nitrogens with zero attached hydrogens (tertiary/aromatic N) is 3. The van der Waals surface area contributed by atoms with Crippen molar-refractivity contribution in [1.29, 1.82) is 0 Å². The summed E-state index contributed by atoms with van der Waals surface area (Å²) in [4.78, 5) is 0. The standard InChI is InChI=1S/C15H21FN4/c1-4-8-20-15(10-18-19-20)13-9-12(6-7-14(13)16)11(3)17-5-2/h6-7,9-11,17H,4-5,8H2,1-3H3. The molecule has 1 N–H and O–H groups in total. The molecule has 108 valence electrons. The van der Waals surface area contributed by atoms with Crippen LogP contribution >= 0.6 is 0 Å². The average Bonchev–Trinajstić information content (AvgIpc) is 2.88. The molecular weight excluding hydrogens is 255 g/mol. The van der Waals surface area contributed by atoms with E-state index in [9.17, 15) is 4.39 Å². The van der Waals surface area contributed by atoms with Crippen molar-refractivity contribution < 1.29 is 4.39 Å². The Morgan fingerprint density at radius 3 is 2.85 bits per heavy atom. The second-order valence-corrected chi connectivity index (χ2v) is 4.86. The van der Waals surface area contributed by atoms with Gasteiger partial charge in [0.25, 0.3) is 0 Å². The number of halogens is 1. The van der Waals surface area contributed by atoms with Gasteiger partial charge in [-0.2, -0.15) is 0 Å². The van der Waals surface area contributed by atoms with Gasteiger partial charge in [-0.15, -0.1) is 5.10 Å². The van der Waals surface area contributed by atoms with E-state index >= 15 is 0 Å². The molecule has 1 unspecified atom stereocenters. The van der Waals surface area contributed by atoms with Crippen LogP contribution in [0.3, 0.4) is 0 Å². The van der Waals surface area contributed by atoms with Crippen molar-refractivity contribution in [2.45, 2.75) is 39.8 Å². The molecule has 0 aliphatic heterocycles. The zero-order valence-corrected chi connectivity index (χ0v) is 12.2. The van der Waals surface area contributed by atoms with Crippen LogP contribution in [0.5, 0.6) is 0 Å². The normalized spacial score (nSPS) is 12.6. The largest absolute Gasteiger partial charge is 0.310 e. The fourth-order valence-electron chi connectivity index (χ4n) is 2.28. The van der Waals surface area contributed by atoms with Crippen molar-refractivity contribution in [3.8, 4) is 11.3 Å². The van der Waals surface area contributed by atoms with Crippen molar-refractivity contribution >= 4 is 0 Å². The number of hydrogen-bond donors (Lipinski definition) is 1. The maximum absolute atomic E-state index is 14.1. The highest BCUT2D eigenvalue weighted by molar-refractivity contribution is 5.60. The SMILES string of the molecule is CCCn1nncc1-c1cc(C(C)NCC)ccc1F. The molecule has 0 aliphatic rings. The summed E-state index contributed by atoms with van der Waals surface area (Å²) in [5.74, 6) is -0.239. The minimum absolute atomic E-state index is 0.190. The van der Waals surface area contributed by atoms with Gasteiger partial charge in [-0.05, 0) is 37.6 Å². The summed E-state index contributed by atoms with van der Waals surface area (Å²) < 4.78 is 15.9. The van der Waals surface area contributed by atoms with Gasteiger partial charge in [-0.25, -0.2) is 9.07 Å². The molecule has 0 amide bonds. The van der Waals surface area contributed by atoms with Crippen LogP contribution in [0.25, 0.3) is 11.3 Å². The molecule has 1 aromatic heterocycles. The molecule has 0 aliphatic carbocycles. The number of aryl methyl sites for hydroxylation is 1. The van der Waals surface area contributed by atoms with E-state index in [1.165, 1.54) is 6.07 Å². The Kier molecular flexibility index (Phi) is 4.84. The van der Waals surface area contributed by atoms with Gasteiger partial charge >= 0.3 is 0 Å². The molecule has 0 spiro atoms. The molecule has 2 rings (SSSR count). The van der Waals surface area contributed by atoms with Crippen LogP contribution < -0.4 is 5.32 Å². The monoisotopic (exact) mass is 276 g/mol. The Labute approximate surface area is 119 Å². The summed E-state index contributed by atoms with van der Waals surface area (Å²) >= 11 is 0. The van der Waals surface area contributed by atoms with Crippen molar-refractivity contribution in [3.63, 3.8) is 0 Å². The van der Waals surface area contributed by atoms with Gasteiger partial charge in [0, 0.05) is 18.2 Å². The van der Waals surface area contributed by atoms with Crippen molar-refractivity contribution in [2.75, 3.05) is 6.54 Å². The molecule has 1 aromatic carbocycles. The lowest BCUT2D eigenvalue weighted by Crippen LogP contribution is -2.17. The van der Waals surface area contributed by atoms with Crippen LogP contribution in [0, 0.1) is 5.82 Å². The third kappa shape index (κ3) is 3.04. The lowest BCUT2D eigenvalue weighted by molar-refractivity contribution is 0.575. The average molecular weight is 276 g/mol. The molecule has 4 nitrogen and oxygen atoms in total. The molecular formula is C15H21FN4. The van der Waals surface area contributed by atoms with Crippen LogP contribution in [0.2, 0.25) is 0 Å². The Hall–Kier alpha value is -1.75. The van der Waals surface area contributed by atoms with E-state index in [0.717, 1.165) is 30.8 Å². The minimum Gasteiger partial charge on any atom is -0.310 e. The molecule has 2 aromatic rings. The van der Waals surface area contributed by atoms with Gasteiger partial charge in [-0.3, -0.25) is 0 Å². The summed E-state index contributed by atoms with van der Waals surface area (Å²) in [6.07, 6.45) is 2.56. The lowest BCUT2D eigenvalue weighted by atomic mass is 10.0. The number of hydrogen-bond acceptors (Lipinski definition) is 3. The van der Waals surface area contributed by atoms with Crippen LogP contribution in [-0.2, 0) is 6.54 Å². The Morgan fingerprint density at radius 2 is 2.15 bits per heavy atom. The zero-order chi connectivity index (χ0) is 14.5. The van der Waals surface area contributed by atoms with Crippen LogP contribution in [0.15, 0.2) is 24.4 Å². The van der Waals surface area contributed by atoms with Gasteiger partial charge in [0.1, 0.15) is 5.82 Å². The fourth-order valence-corrected chi connectivity index (χ4v) is 2.28. The maximum atomic E-state index is 14.1. The maximum Gasteiger partial charge on any atom is 0.132 e. The second kappa shape index (κ2) is 6.61. The first-order chi connectivity index (χ1) is 9.67. The second-order valence-electron chi connectivity index (χ2n) is 4.86. The first kappa shape index (κ1) is 14.7. The van der Waals surface area contributed by atoms with E-state index in [0.29, 0.717) is 5.56 Å². The van der Waals surface area contributed by atoms with Crippen LogP contribution in [0.4, 0.5) is 4.39 Å². The van der Waals surface area contributed by atoms with E-state index in [1.807, 2.05) is 12.1 Å². The number of benzene rings is 1. The van der Waals surface area contributed by atoms with E-state index in [1.54, 1.807) is 10.9 Å². The molecule has 0 radical (unpaired) electrons. The van der Waals surface area contributed by atoms with E-state index in [2.05, 4.69) is 36.4 Å². The Morgan fingerprint density at radius 1 is 1.35 bits per heavy atom. The number of aromatic nitrogens is 3. The van der Waals surface area contributed by atoms with E-state index < -0.39 is 0 Å². The highest BCUT2D eigenvalue weighted by atomic mass is 19.1. The van der Waals surface area contributed by atoms with Crippen molar-refractivity contribution in [1.82, 2.24) is 20.3 Å². The van der Waals surface area contributed by atoms with E-state index in [-0.39, 0.29) is 11.9 Å². The fraction of sp³-hybridized carbons (Fsp3) is 0.467. The van der Waals surface area contributed by atoms with Crippen LogP contribution in [-0.4, -0.2) is 21.5 Å². The van der Waals surface area contributed by atoms with E-state index in [4.69, 9.17) is 0 Å². The predicted molar refractivity (Wildman–Crippen MR) is 77.8 cm³/mol. The van der Waals surface area contributed by atoms with Gasteiger partial charge in [0.15, 0.2) is 0 Å². The van der Waals surface area contributed by atoms with Gasteiger partial charge in [0.05, 0.1) is 11.9 Å². The molecule has 1 heterocycles. The molecule has 20 heavy (non-hydrogen) atoms. The first-order valence-electron chi connectivity index (χ1n) is 7.09. The first-order valence-corrected chi connectivity index (χ1v) is 7.09.